The van der Waals surface area contributed by atoms with Crippen LogP contribution in [0.15, 0.2) is 109 Å². The Morgan fingerprint density at radius 1 is 0.842 bits per heavy atom. The van der Waals surface area contributed by atoms with E-state index in [4.69, 9.17) is 10.2 Å². The number of rotatable bonds is 2. The van der Waals surface area contributed by atoms with Gasteiger partial charge < -0.3 is 10.2 Å². The van der Waals surface area contributed by atoms with E-state index >= 15 is 0 Å². The number of hydrogen-bond acceptors (Lipinski definition) is 2. The Morgan fingerprint density at radius 2 is 1.32 bits per heavy atom. The van der Waals surface area contributed by atoms with Crippen molar-refractivity contribution in [1.82, 2.24) is 0 Å². The fourth-order valence-corrected chi connectivity index (χ4v) is 2.60. The van der Waals surface area contributed by atoms with Gasteiger partial charge in [0.1, 0.15) is 11.6 Å². The molecule has 0 saturated heterocycles. The molecule has 0 aliphatic heterocycles. The van der Waals surface area contributed by atoms with E-state index in [1.807, 2.05) is 12.2 Å². The minimum absolute atomic E-state index is 0.0985. The number of halogens is 2. The molecule has 0 radical (unpaired) electrons. The van der Waals surface area contributed by atoms with Crippen molar-refractivity contribution in [2.75, 3.05) is 0 Å². The van der Waals surface area contributed by atoms with Crippen molar-refractivity contribution in [1.29, 1.82) is 0 Å². The Bertz CT molecular complexity index is 1250. The summed E-state index contributed by atoms with van der Waals surface area (Å²) in [5.41, 5.74) is 0.197. The molecule has 0 unspecified atom stereocenters. The molecule has 1 aliphatic carbocycles. The summed E-state index contributed by atoms with van der Waals surface area (Å²) in [4.78, 5) is 20.4. The number of benzene rings is 3. The molecule has 8 heteroatoms. The summed E-state index contributed by atoms with van der Waals surface area (Å²) >= 11 is 2.27. The molecule has 0 spiro atoms. The first-order chi connectivity index (χ1) is 18.1. The van der Waals surface area contributed by atoms with Crippen molar-refractivity contribution in [3.63, 3.8) is 0 Å². The fourth-order valence-electron chi connectivity index (χ4n) is 2.60. The topological polar surface area (TPSA) is 74.6 Å². The normalized spacial score (nSPS) is 10.4. The van der Waals surface area contributed by atoms with Crippen LogP contribution in [0.25, 0.3) is 10.8 Å². The molecule has 0 bridgehead atoms. The summed E-state index contributed by atoms with van der Waals surface area (Å²) in [6.07, 6.45) is 10.1. The second-order valence-corrected chi connectivity index (χ2v) is 14.5. The number of hydrogen-bond donors (Lipinski definition) is 2. The number of allylic oxidation sites excluding steroid dienone is 4. The summed E-state index contributed by atoms with van der Waals surface area (Å²) in [5, 5.41) is 19.4. The number of aromatic carboxylic acids is 2. The van der Waals surface area contributed by atoms with Crippen LogP contribution in [-0.2, 0) is 19.2 Å². The van der Waals surface area contributed by atoms with E-state index in [0.29, 0.717) is 0 Å². The largest absolute Gasteiger partial charge is 0.478 e. The number of fused-ring (bicyclic) bond motifs is 1. The monoisotopic (exact) mass is 566 g/mol. The summed E-state index contributed by atoms with van der Waals surface area (Å²) in [6.45, 7) is 4.54. The van der Waals surface area contributed by atoms with Gasteiger partial charge in [-0.1, -0.05) is 6.07 Å². The van der Waals surface area contributed by atoms with Gasteiger partial charge in [0.05, 0.1) is 11.1 Å². The van der Waals surface area contributed by atoms with Crippen molar-refractivity contribution in [2.45, 2.75) is 19.5 Å². The maximum Gasteiger partial charge on any atom is 0.335 e. The van der Waals surface area contributed by atoms with Crippen molar-refractivity contribution >= 4 is 28.9 Å². The SMILES string of the molecule is C[Si](C)=[Ti+2].O=C(O)c1ccc(F)cc1.O=C(O)c1ccc(F)cc1.[C-]1=CC=CC1.c1ccc2[cH-]ccc2c1. The summed E-state index contributed by atoms with van der Waals surface area (Å²) < 4.78 is 24.3. The Kier molecular flexibility index (Phi) is 16.0. The zero-order valence-corrected chi connectivity index (χ0v) is 23.6. The summed E-state index contributed by atoms with van der Waals surface area (Å²) in [7, 11) is 0. The minimum Gasteiger partial charge on any atom is -0.478 e. The first kappa shape index (κ1) is 32.5. The molecule has 38 heavy (non-hydrogen) atoms. The smallest absolute Gasteiger partial charge is 0.335 e. The number of carboxylic acids is 2. The van der Waals surface area contributed by atoms with Gasteiger partial charge in [-0.2, -0.15) is 23.6 Å². The van der Waals surface area contributed by atoms with Gasteiger partial charge in [-0.15, -0.1) is 36.1 Å². The van der Waals surface area contributed by atoms with E-state index in [9.17, 15) is 18.4 Å². The zero-order chi connectivity index (χ0) is 28.3. The average Bonchev–Trinajstić information content (AvgIpc) is 3.60. The molecule has 4 aromatic rings. The molecule has 4 aromatic carbocycles. The van der Waals surface area contributed by atoms with Gasteiger partial charge in [-0.3, -0.25) is 6.08 Å². The first-order valence-electron chi connectivity index (χ1n) is 11.4. The quantitative estimate of drug-likeness (QED) is 0.193. The minimum atomic E-state index is -1.04. The van der Waals surface area contributed by atoms with Gasteiger partial charge in [0.25, 0.3) is 0 Å². The molecule has 1 aliphatic rings. The summed E-state index contributed by atoms with van der Waals surface area (Å²) in [5.74, 6) is -2.94. The molecule has 5 rings (SSSR count). The maximum atomic E-state index is 12.2. The molecule has 0 aromatic heterocycles. The van der Waals surface area contributed by atoms with Crippen LogP contribution >= 0.6 is 0 Å². The molecule has 0 amide bonds. The van der Waals surface area contributed by atoms with Crippen molar-refractivity contribution < 1.29 is 47.8 Å². The van der Waals surface area contributed by atoms with Gasteiger partial charge >= 0.3 is 50.4 Å². The average molecular weight is 566 g/mol. The Morgan fingerprint density at radius 3 is 1.66 bits per heavy atom. The van der Waals surface area contributed by atoms with E-state index in [-0.39, 0.29) is 17.3 Å². The van der Waals surface area contributed by atoms with Crippen LogP contribution in [0.2, 0.25) is 13.1 Å². The van der Waals surface area contributed by atoms with E-state index < -0.39 is 23.6 Å². The Balaban J connectivity index is 0.000000247. The van der Waals surface area contributed by atoms with Crippen LogP contribution in [0.5, 0.6) is 0 Å². The second-order valence-electron chi connectivity index (χ2n) is 7.78. The van der Waals surface area contributed by atoms with Crippen LogP contribution < -0.4 is 0 Å². The Hall–Kier alpha value is -3.52. The standard InChI is InChI=1S/C9H7.2C7H5FO2.C5H5.C2H6Si.Ti/c1-2-5-9-7-3-6-8(9)4-1;2*8-6-3-1-5(2-4-6)7(9)10;1-2-4-5-3-1;1-3-2;/h1-7H;2*1-4H,(H,9,10);1-3H,4H2;1-2H3;/q-1;;;-1;;+2. The maximum absolute atomic E-state index is 12.2. The van der Waals surface area contributed by atoms with E-state index in [2.05, 4.69) is 86.9 Å². The van der Waals surface area contributed by atoms with Crippen LogP contribution in [0.3, 0.4) is 0 Å². The van der Waals surface area contributed by atoms with E-state index in [0.717, 1.165) is 30.7 Å². The third-order valence-electron chi connectivity index (χ3n) is 4.32. The van der Waals surface area contributed by atoms with Crippen LogP contribution in [0.4, 0.5) is 8.78 Å². The third kappa shape index (κ3) is 14.9. The van der Waals surface area contributed by atoms with Gasteiger partial charge in [-0.05, 0) is 48.5 Å². The van der Waals surface area contributed by atoms with Crippen molar-refractivity contribution in [3.05, 3.63) is 138 Å². The van der Waals surface area contributed by atoms with Crippen molar-refractivity contribution in [2.24, 2.45) is 0 Å². The van der Waals surface area contributed by atoms with Crippen LogP contribution in [0.1, 0.15) is 27.1 Å². The van der Waals surface area contributed by atoms with Crippen LogP contribution in [0, 0.1) is 17.7 Å². The molecule has 0 heterocycles. The van der Waals surface area contributed by atoms with Gasteiger partial charge in [0.2, 0.25) is 0 Å². The van der Waals surface area contributed by atoms with Crippen LogP contribution in [-0.4, -0.2) is 28.3 Å². The molecular formula is C30H28F2O4SiTi. The molecule has 2 N–H and O–H groups in total. The summed E-state index contributed by atoms with van der Waals surface area (Å²) in [6, 6.07) is 24.0. The predicted molar refractivity (Wildman–Crippen MR) is 145 cm³/mol. The second kappa shape index (κ2) is 18.7. The van der Waals surface area contributed by atoms with Gasteiger partial charge in [0.15, 0.2) is 0 Å². The number of carboxylic acid groups (broad SMARTS) is 2. The zero-order valence-electron chi connectivity index (χ0n) is 21.1. The van der Waals surface area contributed by atoms with E-state index in [1.54, 1.807) is 0 Å². The molecule has 4 nitrogen and oxygen atoms in total. The first-order valence-corrected chi connectivity index (χ1v) is 16.3. The van der Waals surface area contributed by atoms with Gasteiger partial charge in [0, 0.05) is 0 Å². The molecule has 0 atom stereocenters. The molecule has 0 saturated carbocycles. The Labute approximate surface area is 233 Å². The van der Waals surface area contributed by atoms with Crippen molar-refractivity contribution in [3.8, 4) is 0 Å². The number of carbonyl (C=O) groups is 2. The van der Waals surface area contributed by atoms with E-state index in [1.165, 1.54) is 35.0 Å². The fraction of sp³-hybridized carbons (Fsp3) is 0.100. The molecular weight excluding hydrogens is 538 g/mol. The molecule has 194 valence electrons. The van der Waals surface area contributed by atoms with Gasteiger partial charge in [-0.25, -0.2) is 30.5 Å². The third-order valence-corrected chi connectivity index (χ3v) is 4.32. The predicted octanol–water partition coefficient (Wildman–Crippen LogP) is 7.70. The molecule has 0 fully saturated rings.